The number of carbonyl (C=O) groups excluding carboxylic acids is 3. The van der Waals surface area contributed by atoms with E-state index in [2.05, 4.69) is 106 Å². The van der Waals surface area contributed by atoms with Crippen LogP contribution in [0.4, 0.5) is 0 Å². The van der Waals surface area contributed by atoms with Crippen LogP contribution in [0.5, 0.6) is 0 Å². The average molecular weight is 1050 g/mol. The molecule has 0 saturated carbocycles. The number of unbranched alkanes of at least 4 members (excludes halogenated alkanes) is 33. The summed E-state index contributed by atoms with van der Waals surface area (Å²) in [5.41, 5.74) is 0. The van der Waals surface area contributed by atoms with Gasteiger partial charge < -0.3 is 14.2 Å². The Bertz CT molecular complexity index is 1430. The molecule has 0 aliphatic rings. The zero-order valence-electron chi connectivity index (χ0n) is 49.6. The van der Waals surface area contributed by atoms with Crippen molar-refractivity contribution in [1.29, 1.82) is 0 Å². The van der Waals surface area contributed by atoms with Crippen molar-refractivity contribution < 1.29 is 28.6 Å². The highest BCUT2D eigenvalue weighted by Crippen LogP contribution is 2.17. The number of hydrogen-bond donors (Lipinski definition) is 0. The first-order chi connectivity index (χ1) is 37.0. The van der Waals surface area contributed by atoms with E-state index < -0.39 is 6.10 Å². The summed E-state index contributed by atoms with van der Waals surface area (Å²) >= 11 is 0. The number of carbonyl (C=O) groups is 3. The Balaban J connectivity index is 3.98. The molecule has 0 aromatic carbocycles. The summed E-state index contributed by atoms with van der Waals surface area (Å²) in [6.07, 6.45) is 83.6. The largest absolute Gasteiger partial charge is 0.462 e. The van der Waals surface area contributed by atoms with Crippen LogP contribution < -0.4 is 0 Å². The highest BCUT2D eigenvalue weighted by molar-refractivity contribution is 5.71. The standard InChI is InChI=1S/C69H120O6/c1-4-7-10-13-15-17-19-21-23-25-27-28-29-30-31-32-33-34-35-36-37-38-39-40-42-43-45-47-49-51-53-56-59-62-68(71)74-65-66(64-73-67(70)61-58-55-12-9-6-3)75-69(72)63-60-57-54-52-50-48-46-44-41-26-24-22-20-18-16-14-11-8-5-2/h7,10,15,17,21-24,27-28,30-31,33-34,66H,4-6,8-9,11-14,16,18-20,25-26,29,32,35-65H2,1-3H3/b10-7-,17-15-,23-21-,24-22-,28-27-,31-30-,34-33-. The third kappa shape index (κ3) is 61.3. The Hall–Kier alpha value is -3.41. The highest BCUT2D eigenvalue weighted by Gasteiger charge is 2.19. The minimum Gasteiger partial charge on any atom is -0.462 e. The third-order valence-corrected chi connectivity index (χ3v) is 13.9. The summed E-state index contributed by atoms with van der Waals surface area (Å²) in [4.78, 5) is 37.9. The highest BCUT2D eigenvalue weighted by atomic mass is 16.6. The Morgan fingerprint density at radius 2 is 0.520 bits per heavy atom. The van der Waals surface area contributed by atoms with Gasteiger partial charge >= 0.3 is 17.9 Å². The van der Waals surface area contributed by atoms with E-state index in [9.17, 15) is 14.4 Å². The molecule has 0 amide bonds. The number of allylic oxidation sites excluding steroid dienone is 14. The Kier molecular flexibility index (Phi) is 60.3. The van der Waals surface area contributed by atoms with Gasteiger partial charge in [0.2, 0.25) is 0 Å². The van der Waals surface area contributed by atoms with E-state index in [0.29, 0.717) is 19.3 Å². The van der Waals surface area contributed by atoms with Crippen molar-refractivity contribution in [3.05, 3.63) is 85.1 Å². The van der Waals surface area contributed by atoms with Crippen LogP contribution in [-0.4, -0.2) is 37.2 Å². The molecular formula is C69H120O6. The van der Waals surface area contributed by atoms with E-state index in [0.717, 1.165) is 103 Å². The normalized spacial score (nSPS) is 12.6. The maximum absolute atomic E-state index is 12.8. The summed E-state index contributed by atoms with van der Waals surface area (Å²) in [5, 5.41) is 0. The topological polar surface area (TPSA) is 78.9 Å². The first kappa shape index (κ1) is 71.6. The summed E-state index contributed by atoms with van der Waals surface area (Å²) in [5.74, 6) is -0.880. The summed E-state index contributed by atoms with van der Waals surface area (Å²) in [7, 11) is 0. The lowest BCUT2D eigenvalue weighted by atomic mass is 10.0. The summed E-state index contributed by atoms with van der Waals surface area (Å²) < 4.78 is 16.8. The second-order valence-electron chi connectivity index (χ2n) is 21.3. The van der Waals surface area contributed by atoms with E-state index in [4.69, 9.17) is 14.2 Å². The minimum absolute atomic E-state index is 0.0745. The van der Waals surface area contributed by atoms with Crippen molar-refractivity contribution in [3.8, 4) is 0 Å². The third-order valence-electron chi connectivity index (χ3n) is 13.9. The fourth-order valence-electron chi connectivity index (χ4n) is 9.09. The lowest BCUT2D eigenvalue weighted by Gasteiger charge is -2.18. The van der Waals surface area contributed by atoms with E-state index >= 15 is 0 Å². The molecule has 0 aliphatic carbocycles. The van der Waals surface area contributed by atoms with Gasteiger partial charge in [-0.05, 0) is 96.3 Å². The summed E-state index contributed by atoms with van der Waals surface area (Å²) in [6.45, 7) is 6.46. The molecule has 0 rings (SSSR count). The first-order valence-corrected chi connectivity index (χ1v) is 32.1. The molecule has 0 spiro atoms. The number of rotatable bonds is 58. The van der Waals surface area contributed by atoms with Crippen LogP contribution in [0.25, 0.3) is 0 Å². The van der Waals surface area contributed by atoms with Gasteiger partial charge in [0.15, 0.2) is 6.10 Å². The zero-order valence-corrected chi connectivity index (χ0v) is 49.6. The Labute approximate surface area is 465 Å². The van der Waals surface area contributed by atoms with E-state index in [1.807, 2.05) is 0 Å². The van der Waals surface area contributed by atoms with E-state index in [1.165, 1.54) is 173 Å². The molecule has 6 heteroatoms. The van der Waals surface area contributed by atoms with Gasteiger partial charge in [-0.3, -0.25) is 14.4 Å². The predicted molar refractivity (Wildman–Crippen MR) is 325 cm³/mol. The first-order valence-electron chi connectivity index (χ1n) is 32.1. The number of esters is 3. The molecule has 0 heterocycles. The molecule has 0 aromatic heterocycles. The lowest BCUT2D eigenvalue weighted by molar-refractivity contribution is -0.167. The second-order valence-corrected chi connectivity index (χ2v) is 21.3. The molecule has 0 aromatic rings. The van der Waals surface area contributed by atoms with Gasteiger partial charge in [0.25, 0.3) is 0 Å². The molecule has 6 nitrogen and oxygen atoms in total. The molecular weight excluding hydrogens is 925 g/mol. The van der Waals surface area contributed by atoms with Crippen LogP contribution in [0.15, 0.2) is 85.1 Å². The molecule has 75 heavy (non-hydrogen) atoms. The van der Waals surface area contributed by atoms with Gasteiger partial charge in [-0.1, -0.05) is 286 Å². The van der Waals surface area contributed by atoms with Crippen molar-refractivity contribution in [3.63, 3.8) is 0 Å². The fraction of sp³-hybridized carbons (Fsp3) is 0.754. The van der Waals surface area contributed by atoms with Gasteiger partial charge in [0.05, 0.1) is 0 Å². The molecule has 1 unspecified atom stereocenters. The van der Waals surface area contributed by atoms with Crippen LogP contribution >= 0.6 is 0 Å². The minimum atomic E-state index is -0.772. The number of hydrogen-bond acceptors (Lipinski definition) is 6. The van der Waals surface area contributed by atoms with Crippen molar-refractivity contribution in [2.75, 3.05) is 13.2 Å². The van der Waals surface area contributed by atoms with Crippen molar-refractivity contribution in [2.24, 2.45) is 0 Å². The summed E-state index contributed by atoms with van der Waals surface area (Å²) in [6, 6.07) is 0. The molecule has 0 radical (unpaired) electrons. The predicted octanol–water partition coefficient (Wildman–Crippen LogP) is 21.9. The lowest BCUT2D eigenvalue weighted by Crippen LogP contribution is -2.30. The van der Waals surface area contributed by atoms with Gasteiger partial charge in [0.1, 0.15) is 13.2 Å². The van der Waals surface area contributed by atoms with E-state index in [-0.39, 0.29) is 31.1 Å². The smallest absolute Gasteiger partial charge is 0.306 e. The van der Waals surface area contributed by atoms with Crippen molar-refractivity contribution in [1.82, 2.24) is 0 Å². The monoisotopic (exact) mass is 1040 g/mol. The average Bonchev–Trinajstić information content (AvgIpc) is 3.41. The molecule has 0 aliphatic heterocycles. The van der Waals surface area contributed by atoms with Crippen LogP contribution in [0.3, 0.4) is 0 Å². The fourth-order valence-corrected chi connectivity index (χ4v) is 9.09. The number of ether oxygens (including phenoxy) is 3. The molecule has 432 valence electrons. The molecule has 1 atom stereocenters. The van der Waals surface area contributed by atoms with Gasteiger partial charge in [-0.2, -0.15) is 0 Å². The van der Waals surface area contributed by atoms with Gasteiger partial charge in [0, 0.05) is 19.3 Å². The molecule has 0 fully saturated rings. The maximum atomic E-state index is 12.8. The molecule has 0 saturated heterocycles. The Morgan fingerprint density at radius 3 is 0.827 bits per heavy atom. The van der Waals surface area contributed by atoms with E-state index in [1.54, 1.807) is 0 Å². The van der Waals surface area contributed by atoms with Crippen LogP contribution in [0, 0.1) is 0 Å². The Morgan fingerprint density at radius 1 is 0.280 bits per heavy atom. The van der Waals surface area contributed by atoms with Gasteiger partial charge in [-0.25, -0.2) is 0 Å². The van der Waals surface area contributed by atoms with Gasteiger partial charge in [-0.15, -0.1) is 0 Å². The van der Waals surface area contributed by atoms with Crippen LogP contribution in [0.2, 0.25) is 0 Å². The quantitative estimate of drug-likeness (QED) is 0.0261. The SMILES string of the molecule is CC/C=C\C/C=C\C/C=C\C/C=C\C/C=C\C/C=C\CCCCCCCCCCCCCCCCC(=O)OCC(COC(=O)CCCCCCC)OC(=O)CCCCCCCCCCC/C=C\CCCCCCCC. The maximum Gasteiger partial charge on any atom is 0.306 e. The molecule has 0 N–H and O–H groups in total. The molecule has 0 bridgehead atoms. The van der Waals surface area contributed by atoms with Crippen LogP contribution in [-0.2, 0) is 28.6 Å². The van der Waals surface area contributed by atoms with Crippen molar-refractivity contribution in [2.45, 2.75) is 322 Å². The van der Waals surface area contributed by atoms with Crippen LogP contribution in [0.1, 0.15) is 316 Å². The second kappa shape index (κ2) is 63.1. The zero-order chi connectivity index (χ0) is 54.3. The van der Waals surface area contributed by atoms with Crippen molar-refractivity contribution >= 4 is 17.9 Å².